The molecule has 1 N–H and O–H groups in total. The van der Waals surface area contributed by atoms with E-state index in [9.17, 15) is 18.0 Å². The number of carbonyl (C=O) groups excluding carboxylic acids is 2. The Kier molecular flexibility index (Phi) is 8.00. The van der Waals surface area contributed by atoms with Crippen molar-refractivity contribution in [2.45, 2.75) is 26.1 Å². The minimum absolute atomic E-state index is 0.124. The van der Waals surface area contributed by atoms with Gasteiger partial charge in [0.05, 0.1) is 19.9 Å². The number of amides is 2. The highest BCUT2D eigenvalue weighted by molar-refractivity contribution is 7.88. The average molecular weight is 492 g/mol. The molecule has 0 aromatic heterocycles. The first-order valence-corrected chi connectivity index (χ1v) is 12.4. The van der Waals surface area contributed by atoms with Crippen LogP contribution in [0.4, 0.5) is 0 Å². The van der Waals surface area contributed by atoms with Gasteiger partial charge in [-0.3, -0.25) is 9.59 Å². The van der Waals surface area contributed by atoms with Gasteiger partial charge in [-0.15, -0.1) is 0 Å². The van der Waals surface area contributed by atoms with Crippen LogP contribution in [-0.4, -0.2) is 69.2 Å². The molecule has 0 bridgehead atoms. The molecule has 11 heteroatoms. The van der Waals surface area contributed by atoms with Crippen LogP contribution in [0.1, 0.15) is 18.1 Å². The third-order valence-corrected chi connectivity index (χ3v) is 6.77. The fourth-order valence-electron chi connectivity index (χ4n) is 3.30. The molecule has 3 rings (SSSR count). The number of benzene rings is 2. The molecular weight excluding hydrogens is 462 g/mol. The van der Waals surface area contributed by atoms with Gasteiger partial charge >= 0.3 is 0 Å². The lowest BCUT2D eigenvalue weighted by Gasteiger charge is -2.30. The molecule has 0 fully saturated rings. The fraction of sp³-hybridized carbons (Fsp3) is 0.391. The summed E-state index contributed by atoms with van der Waals surface area (Å²) in [6.07, 6.45) is 1.02. The molecule has 1 unspecified atom stereocenters. The SMILES string of the molecule is COc1ccc(CN(C(=O)CN(C)S(C)(=O)=O)C(C)C(=O)NCc2ccc3c(c2)OCO3)cc1. The van der Waals surface area contributed by atoms with Crippen molar-refractivity contribution >= 4 is 21.8 Å². The van der Waals surface area contributed by atoms with Gasteiger partial charge in [-0.05, 0) is 42.3 Å². The van der Waals surface area contributed by atoms with Crippen LogP contribution in [0, 0.1) is 0 Å². The Morgan fingerprint density at radius 2 is 1.74 bits per heavy atom. The van der Waals surface area contributed by atoms with Gasteiger partial charge in [0.1, 0.15) is 11.8 Å². The van der Waals surface area contributed by atoms with Crippen molar-refractivity contribution in [2.24, 2.45) is 0 Å². The van der Waals surface area contributed by atoms with Crippen LogP contribution in [-0.2, 0) is 32.7 Å². The highest BCUT2D eigenvalue weighted by Crippen LogP contribution is 2.32. The Balaban J connectivity index is 1.72. The molecule has 1 heterocycles. The van der Waals surface area contributed by atoms with Crippen molar-refractivity contribution in [1.82, 2.24) is 14.5 Å². The second-order valence-electron chi connectivity index (χ2n) is 7.97. The molecule has 0 aliphatic carbocycles. The van der Waals surface area contributed by atoms with Gasteiger partial charge in [0.15, 0.2) is 11.5 Å². The molecule has 2 amide bonds. The first kappa shape index (κ1) is 25.3. The van der Waals surface area contributed by atoms with E-state index in [0.717, 1.165) is 21.7 Å². The lowest BCUT2D eigenvalue weighted by Crippen LogP contribution is -2.50. The van der Waals surface area contributed by atoms with Crippen molar-refractivity contribution in [3.05, 3.63) is 53.6 Å². The summed E-state index contributed by atoms with van der Waals surface area (Å²) in [6, 6.07) is 11.6. The number of nitrogens with one attached hydrogen (secondary N) is 1. The van der Waals surface area contributed by atoms with Crippen LogP contribution in [0.25, 0.3) is 0 Å². The van der Waals surface area contributed by atoms with Gasteiger partial charge < -0.3 is 24.4 Å². The summed E-state index contributed by atoms with van der Waals surface area (Å²) in [4.78, 5) is 27.4. The number of hydrogen-bond donors (Lipinski definition) is 1. The first-order valence-electron chi connectivity index (χ1n) is 10.6. The summed E-state index contributed by atoms with van der Waals surface area (Å²) >= 11 is 0. The lowest BCUT2D eigenvalue weighted by molar-refractivity contribution is -0.140. The van der Waals surface area contributed by atoms with E-state index in [-0.39, 0.29) is 32.3 Å². The Morgan fingerprint density at radius 1 is 1.09 bits per heavy atom. The highest BCUT2D eigenvalue weighted by atomic mass is 32.2. The van der Waals surface area contributed by atoms with Crippen LogP contribution >= 0.6 is 0 Å². The largest absolute Gasteiger partial charge is 0.497 e. The monoisotopic (exact) mass is 491 g/mol. The zero-order valence-corrected chi connectivity index (χ0v) is 20.4. The normalized spacial score (nSPS) is 13.4. The molecule has 34 heavy (non-hydrogen) atoms. The molecule has 2 aromatic carbocycles. The zero-order valence-electron chi connectivity index (χ0n) is 19.6. The maximum Gasteiger partial charge on any atom is 0.242 e. The number of fused-ring (bicyclic) bond motifs is 1. The molecule has 0 spiro atoms. The van der Waals surface area contributed by atoms with Crippen molar-refractivity contribution in [3.63, 3.8) is 0 Å². The quantitative estimate of drug-likeness (QED) is 0.534. The van der Waals surface area contributed by atoms with Crippen LogP contribution < -0.4 is 19.5 Å². The number of sulfonamides is 1. The number of ether oxygens (including phenoxy) is 3. The lowest BCUT2D eigenvalue weighted by atomic mass is 10.1. The zero-order chi connectivity index (χ0) is 24.9. The fourth-order valence-corrected chi connectivity index (χ4v) is 3.64. The van der Waals surface area contributed by atoms with E-state index < -0.39 is 22.0 Å². The molecule has 1 aliphatic heterocycles. The van der Waals surface area contributed by atoms with E-state index in [4.69, 9.17) is 14.2 Å². The number of likely N-dealkylation sites (N-methyl/N-ethyl adjacent to an activating group) is 1. The van der Waals surface area contributed by atoms with Crippen LogP contribution in [0.15, 0.2) is 42.5 Å². The predicted octanol–water partition coefficient (Wildman–Crippen LogP) is 1.35. The molecule has 184 valence electrons. The Hall–Kier alpha value is -3.31. The molecule has 10 nitrogen and oxygen atoms in total. The van der Waals surface area contributed by atoms with E-state index in [1.165, 1.54) is 11.9 Å². The van der Waals surface area contributed by atoms with Gasteiger partial charge in [-0.1, -0.05) is 18.2 Å². The van der Waals surface area contributed by atoms with Crippen LogP contribution in [0.2, 0.25) is 0 Å². The third-order valence-electron chi connectivity index (χ3n) is 5.51. The molecule has 1 aliphatic rings. The van der Waals surface area contributed by atoms with E-state index in [1.54, 1.807) is 50.4 Å². The standard InChI is InChI=1S/C23H29N3O7S/c1-16(23(28)24-12-18-7-10-20-21(11-18)33-15-32-20)26(22(27)14-25(2)34(4,29)30)13-17-5-8-19(31-3)9-6-17/h5-11,16H,12-15H2,1-4H3,(H,24,28). The van der Waals surface area contributed by atoms with Crippen LogP contribution in [0.5, 0.6) is 17.2 Å². The van der Waals surface area contributed by atoms with Gasteiger partial charge in [0, 0.05) is 20.1 Å². The van der Waals surface area contributed by atoms with E-state index in [2.05, 4.69) is 5.32 Å². The number of nitrogens with zero attached hydrogens (tertiary/aromatic N) is 2. The highest BCUT2D eigenvalue weighted by Gasteiger charge is 2.28. The van der Waals surface area contributed by atoms with Gasteiger partial charge in [-0.2, -0.15) is 4.31 Å². The molecule has 0 saturated heterocycles. The molecule has 2 aromatic rings. The predicted molar refractivity (Wildman–Crippen MR) is 125 cm³/mol. The van der Waals surface area contributed by atoms with Crippen molar-refractivity contribution < 1.29 is 32.2 Å². The summed E-state index contributed by atoms with van der Waals surface area (Å²) in [5.74, 6) is 1.05. The van der Waals surface area contributed by atoms with Crippen molar-refractivity contribution in [2.75, 3.05) is 33.8 Å². The molecular formula is C23H29N3O7S. The Bertz CT molecular complexity index is 1140. The maximum absolute atomic E-state index is 13.1. The minimum atomic E-state index is -3.56. The number of methoxy groups -OCH3 is 1. The second-order valence-corrected chi connectivity index (χ2v) is 10.1. The van der Waals surface area contributed by atoms with Crippen molar-refractivity contribution in [1.29, 1.82) is 0 Å². The molecule has 0 saturated carbocycles. The third kappa shape index (κ3) is 6.39. The number of rotatable bonds is 10. The molecule has 1 atom stereocenters. The Labute approximate surface area is 199 Å². The van der Waals surface area contributed by atoms with Gasteiger partial charge in [0.2, 0.25) is 28.6 Å². The van der Waals surface area contributed by atoms with E-state index >= 15 is 0 Å². The summed E-state index contributed by atoms with van der Waals surface area (Å²) in [6.45, 7) is 1.74. The van der Waals surface area contributed by atoms with E-state index in [1.807, 2.05) is 6.07 Å². The average Bonchev–Trinajstić information content (AvgIpc) is 3.28. The smallest absolute Gasteiger partial charge is 0.242 e. The molecule has 0 radical (unpaired) electrons. The summed E-state index contributed by atoms with van der Waals surface area (Å²) in [5, 5.41) is 2.83. The minimum Gasteiger partial charge on any atom is -0.497 e. The van der Waals surface area contributed by atoms with Gasteiger partial charge in [0.25, 0.3) is 0 Å². The first-order chi connectivity index (χ1) is 16.1. The summed E-state index contributed by atoms with van der Waals surface area (Å²) < 4.78 is 40.4. The second kappa shape index (κ2) is 10.7. The summed E-state index contributed by atoms with van der Waals surface area (Å²) in [5.41, 5.74) is 1.58. The van der Waals surface area contributed by atoms with Crippen LogP contribution in [0.3, 0.4) is 0 Å². The Morgan fingerprint density at radius 3 is 2.38 bits per heavy atom. The number of hydrogen-bond acceptors (Lipinski definition) is 7. The number of carbonyl (C=O) groups is 2. The van der Waals surface area contributed by atoms with Gasteiger partial charge in [-0.25, -0.2) is 8.42 Å². The maximum atomic E-state index is 13.1. The van der Waals surface area contributed by atoms with Crippen molar-refractivity contribution in [3.8, 4) is 17.2 Å². The summed E-state index contributed by atoms with van der Waals surface area (Å²) in [7, 11) is -0.687. The topological polar surface area (TPSA) is 114 Å². The van der Waals surface area contributed by atoms with E-state index in [0.29, 0.717) is 17.2 Å².